The van der Waals surface area contributed by atoms with Gasteiger partial charge < -0.3 is 15.3 Å². The summed E-state index contributed by atoms with van der Waals surface area (Å²) < 4.78 is 0. The topological polar surface area (TPSA) is 60.7 Å². The van der Waals surface area contributed by atoms with E-state index in [9.17, 15) is 15.3 Å². The normalized spacial score (nSPS) is 38.3. The van der Waals surface area contributed by atoms with Crippen molar-refractivity contribution in [1.82, 2.24) is 0 Å². The number of hydrogen-bond donors (Lipinski definition) is 3. The van der Waals surface area contributed by atoms with Crippen molar-refractivity contribution in [2.24, 2.45) is 23.2 Å². The van der Waals surface area contributed by atoms with E-state index in [1.165, 1.54) is 31.3 Å². The van der Waals surface area contributed by atoms with Crippen molar-refractivity contribution in [3.63, 3.8) is 0 Å². The first kappa shape index (κ1) is 23.3. The van der Waals surface area contributed by atoms with Crippen LogP contribution < -0.4 is 0 Å². The molecule has 0 amide bonds. The molecule has 0 aromatic carbocycles. The van der Waals surface area contributed by atoms with Crippen LogP contribution in [0.1, 0.15) is 79.1 Å². The van der Waals surface area contributed by atoms with Gasteiger partial charge in [-0.05, 0) is 86.7 Å². The number of allylic oxidation sites excluding steroid dienone is 3. The first-order valence-electron chi connectivity index (χ1n) is 11.7. The Morgan fingerprint density at radius 3 is 2.70 bits per heavy atom. The predicted molar refractivity (Wildman–Crippen MR) is 123 cm³/mol. The maximum absolute atomic E-state index is 10.1. The Hall–Kier alpha value is -1.34. The van der Waals surface area contributed by atoms with Crippen LogP contribution in [0.4, 0.5) is 0 Å². The Balaban J connectivity index is 1.75. The van der Waals surface area contributed by atoms with Gasteiger partial charge in [0.25, 0.3) is 0 Å². The highest BCUT2D eigenvalue weighted by Crippen LogP contribution is 2.59. The van der Waals surface area contributed by atoms with Crippen molar-refractivity contribution in [1.29, 1.82) is 0 Å². The van der Waals surface area contributed by atoms with Crippen molar-refractivity contribution in [3.8, 4) is 11.8 Å². The first-order chi connectivity index (χ1) is 14.0. The lowest BCUT2D eigenvalue weighted by Crippen LogP contribution is -2.36. The molecule has 0 spiro atoms. The lowest BCUT2D eigenvalue weighted by molar-refractivity contribution is 0.0861. The van der Waals surface area contributed by atoms with E-state index in [-0.39, 0.29) is 0 Å². The molecule has 6 atom stereocenters. The van der Waals surface area contributed by atoms with Gasteiger partial charge in [0.15, 0.2) is 0 Å². The smallest absolute Gasteiger partial charge is 0.119 e. The summed E-state index contributed by atoms with van der Waals surface area (Å²) in [5, 5.41) is 30.0. The van der Waals surface area contributed by atoms with E-state index in [0.717, 1.165) is 24.0 Å². The van der Waals surface area contributed by atoms with Crippen LogP contribution in [0.5, 0.6) is 0 Å². The molecule has 3 saturated carbocycles. The third-order valence-corrected chi connectivity index (χ3v) is 7.81. The summed E-state index contributed by atoms with van der Waals surface area (Å²) in [5.41, 5.74) is 2.67. The zero-order valence-electron chi connectivity index (χ0n) is 19.2. The van der Waals surface area contributed by atoms with Crippen LogP contribution >= 0.6 is 0 Å². The molecule has 0 radical (unpaired) electrons. The van der Waals surface area contributed by atoms with Gasteiger partial charge in [0, 0.05) is 12.8 Å². The van der Waals surface area contributed by atoms with Crippen LogP contribution in [0, 0.1) is 35.0 Å². The second kappa shape index (κ2) is 9.03. The number of hydrogen-bond acceptors (Lipinski definition) is 3. The Bertz CT molecular complexity index is 772. The van der Waals surface area contributed by atoms with Crippen LogP contribution in [0.25, 0.3) is 0 Å². The van der Waals surface area contributed by atoms with Crippen molar-refractivity contribution < 1.29 is 15.3 Å². The Kier molecular flexibility index (Phi) is 7.02. The molecule has 0 aliphatic heterocycles. The minimum Gasteiger partial charge on any atom is -0.393 e. The second-order valence-electron chi connectivity index (χ2n) is 10.7. The summed E-state index contributed by atoms with van der Waals surface area (Å²) in [5.74, 6) is 7.98. The monoisotopic (exact) mass is 412 g/mol. The minimum atomic E-state index is -0.916. The molecule has 3 heteroatoms. The minimum absolute atomic E-state index is 0.307. The van der Waals surface area contributed by atoms with Gasteiger partial charge in [0.2, 0.25) is 0 Å². The van der Waals surface area contributed by atoms with Gasteiger partial charge in [0.05, 0.1) is 12.2 Å². The molecule has 3 N–H and O–H groups in total. The van der Waals surface area contributed by atoms with E-state index < -0.39 is 17.8 Å². The number of fused-ring (bicyclic) bond motifs is 1. The maximum atomic E-state index is 10.1. The van der Waals surface area contributed by atoms with Crippen LogP contribution in [0.2, 0.25) is 0 Å². The van der Waals surface area contributed by atoms with Gasteiger partial charge in [-0.3, -0.25) is 0 Å². The first-order valence-corrected chi connectivity index (χ1v) is 11.7. The van der Waals surface area contributed by atoms with Crippen LogP contribution in [0.15, 0.2) is 35.5 Å². The third-order valence-electron chi connectivity index (χ3n) is 7.81. The Morgan fingerprint density at radius 1 is 1.27 bits per heavy atom. The zero-order chi connectivity index (χ0) is 22.1. The van der Waals surface area contributed by atoms with Gasteiger partial charge in [-0.1, -0.05) is 44.1 Å². The molecule has 0 aromatic heterocycles. The Morgan fingerprint density at radius 2 is 2.00 bits per heavy atom. The van der Waals surface area contributed by atoms with Gasteiger partial charge in [-0.2, -0.15) is 0 Å². The molecule has 3 rings (SSSR count). The lowest BCUT2D eigenvalue weighted by atomic mass is 9.61. The fourth-order valence-corrected chi connectivity index (χ4v) is 6.25. The molecule has 3 aliphatic rings. The highest BCUT2D eigenvalue weighted by molar-refractivity contribution is 5.38. The van der Waals surface area contributed by atoms with Crippen LogP contribution in [0.3, 0.4) is 0 Å². The fourth-order valence-electron chi connectivity index (χ4n) is 6.25. The summed E-state index contributed by atoms with van der Waals surface area (Å²) in [6.45, 7) is 12.3. The van der Waals surface area contributed by atoms with Gasteiger partial charge in [0.1, 0.15) is 5.60 Å². The average molecular weight is 413 g/mol. The van der Waals surface area contributed by atoms with Crippen molar-refractivity contribution in [2.45, 2.75) is 96.9 Å². The summed E-state index contributed by atoms with van der Waals surface area (Å²) >= 11 is 0. The molecule has 30 heavy (non-hydrogen) atoms. The molecular formula is C27H40O3. The maximum Gasteiger partial charge on any atom is 0.119 e. The third kappa shape index (κ3) is 5.10. The summed E-state index contributed by atoms with van der Waals surface area (Å²) in [4.78, 5) is 0. The summed E-state index contributed by atoms with van der Waals surface area (Å²) in [7, 11) is 0. The van der Waals surface area contributed by atoms with Crippen LogP contribution in [-0.4, -0.2) is 33.1 Å². The zero-order valence-corrected chi connectivity index (χ0v) is 19.2. The molecule has 0 saturated heterocycles. The number of rotatable bonds is 3. The quantitative estimate of drug-likeness (QED) is 0.576. The lowest BCUT2D eigenvalue weighted by Gasteiger charge is -2.44. The molecule has 3 nitrogen and oxygen atoms in total. The summed E-state index contributed by atoms with van der Waals surface area (Å²) in [6, 6.07) is 0. The molecule has 166 valence electrons. The molecular weight excluding hydrogens is 372 g/mol. The highest BCUT2D eigenvalue weighted by atomic mass is 16.3. The molecule has 0 heterocycles. The molecule has 3 fully saturated rings. The highest BCUT2D eigenvalue weighted by Gasteiger charge is 2.50. The fraction of sp³-hybridized carbons (Fsp3) is 0.704. The van der Waals surface area contributed by atoms with E-state index >= 15 is 0 Å². The van der Waals surface area contributed by atoms with Crippen LogP contribution in [-0.2, 0) is 0 Å². The van der Waals surface area contributed by atoms with Gasteiger partial charge >= 0.3 is 0 Å². The molecule has 3 aliphatic carbocycles. The molecule has 0 aromatic rings. The van der Waals surface area contributed by atoms with Gasteiger partial charge in [-0.25, -0.2) is 0 Å². The molecule has 0 unspecified atom stereocenters. The SMILES string of the molecule is C=C1/C(=C/C=C2\CCC[C@]3(C)[C@@H]([C@H](C)CC#CC(C)(C)O)CC[C@@H]23)C[C@@H](O)C[C@@H]1O. The van der Waals surface area contributed by atoms with Crippen molar-refractivity contribution in [2.75, 3.05) is 0 Å². The standard InChI is InChI=1S/C27H40O3/c1-18(8-6-14-26(3,4)30)23-12-13-24-20(9-7-15-27(23,24)5)10-11-21-16-22(28)17-25(29)19(21)2/h10-11,18,22-25,28-30H,2,7-9,12-13,15-17H2,1,3-5H3/b20-10+,21-11+/t18-,22-,23-,24+,25+,27-/m1/s1. The molecule has 0 bridgehead atoms. The van der Waals surface area contributed by atoms with Crippen molar-refractivity contribution in [3.05, 3.63) is 35.5 Å². The van der Waals surface area contributed by atoms with E-state index in [4.69, 9.17) is 0 Å². The number of aliphatic hydroxyl groups is 3. The Labute approximate surface area is 183 Å². The van der Waals surface area contributed by atoms with E-state index in [2.05, 4.69) is 44.4 Å². The second-order valence-corrected chi connectivity index (χ2v) is 10.7. The van der Waals surface area contributed by atoms with Gasteiger partial charge in [-0.15, -0.1) is 5.92 Å². The average Bonchev–Trinajstić information content (AvgIpc) is 3.00. The van der Waals surface area contributed by atoms with E-state index in [0.29, 0.717) is 36.0 Å². The van der Waals surface area contributed by atoms with E-state index in [1.54, 1.807) is 13.8 Å². The van der Waals surface area contributed by atoms with E-state index in [1.807, 2.05) is 0 Å². The number of aliphatic hydroxyl groups excluding tert-OH is 2. The summed E-state index contributed by atoms with van der Waals surface area (Å²) in [6.07, 6.45) is 11.2. The predicted octanol–water partition coefficient (Wildman–Crippen LogP) is 4.93. The van der Waals surface area contributed by atoms with Crippen molar-refractivity contribution >= 4 is 0 Å². The largest absolute Gasteiger partial charge is 0.393 e.